The number of nitrogens with zero attached hydrogens (tertiary/aromatic N) is 1. The Kier molecular flexibility index (Phi) is 4.78. The van der Waals surface area contributed by atoms with Crippen LogP contribution < -0.4 is 5.56 Å². The first-order valence-electron chi connectivity index (χ1n) is 5.89. The number of halogens is 1. The van der Waals surface area contributed by atoms with Crippen LogP contribution in [0, 0.1) is 0 Å². The number of rotatable bonds is 4. The highest BCUT2D eigenvalue weighted by Gasteiger charge is 2.18. The summed E-state index contributed by atoms with van der Waals surface area (Å²) in [6.45, 7) is 10.5. The SMILES string of the molecule is CCC(C)n1[nH]c(CSC(C)(C)C)c(Cl)c1=O. The summed E-state index contributed by atoms with van der Waals surface area (Å²) >= 11 is 7.84. The lowest BCUT2D eigenvalue weighted by Gasteiger charge is -2.16. The van der Waals surface area contributed by atoms with E-state index in [1.165, 1.54) is 0 Å². The van der Waals surface area contributed by atoms with Gasteiger partial charge in [-0.3, -0.25) is 9.89 Å². The van der Waals surface area contributed by atoms with Gasteiger partial charge in [0, 0.05) is 10.5 Å². The predicted octanol–water partition coefficient (Wildman–Crippen LogP) is 3.83. The van der Waals surface area contributed by atoms with Crippen LogP contribution in [-0.2, 0) is 5.75 Å². The Morgan fingerprint density at radius 3 is 2.53 bits per heavy atom. The monoisotopic (exact) mass is 276 g/mol. The fraction of sp³-hybridized carbons (Fsp3) is 0.750. The standard InChI is InChI=1S/C12H21ClN2OS/c1-6-8(2)15-11(16)10(13)9(14-15)7-17-12(3,4)5/h8,14H,6-7H2,1-5H3. The highest BCUT2D eigenvalue weighted by molar-refractivity contribution is 7.99. The zero-order valence-electron chi connectivity index (χ0n) is 11.1. The van der Waals surface area contributed by atoms with E-state index in [1.54, 1.807) is 16.4 Å². The summed E-state index contributed by atoms with van der Waals surface area (Å²) in [6, 6.07) is 0.161. The van der Waals surface area contributed by atoms with E-state index >= 15 is 0 Å². The quantitative estimate of drug-likeness (QED) is 0.907. The van der Waals surface area contributed by atoms with Crippen molar-refractivity contribution in [2.75, 3.05) is 0 Å². The van der Waals surface area contributed by atoms with Gasteiger partial charge in [-0.05, 0) is 13.3 Å². The molecule has 0 aliphatic carbocycles. The molecule has 1 atom stereocenters. The molecule has 0 amide bonds. The van der Waals surface area contributed by atoms with Crippen molar-refractivity contribution in [3.05, 3.63) is 21.1 Å². The average molecular weight is 277 g/mol. The van der Waals surface area contributed by atoms with Crippen LogP contribution in [0.15, 0.2) is 4.79 Å². The summed E-state index contributed by atoms with van der Waals surface area (Å²) in [5, 5.41) is 3.46. The number of thioether (sulfide) groups is 1. The van der Waals surface area contributed by atoms with Gasteiger partial charge >= 0.3 is 0 Å². The molecule has 1 aromatic rings. The third kappa shape index (κ3) is 3.81. The second kappa shape index (κ2) is 5.53. The summed E-state index contributed by atoms with van der Waals surface area (Å²) < 4.78 is 1.79. The second-order valence-corrected chi connectivity index (χ2v) is 7.42. The molecule has 5 heteroatoms. The minimum Gasteiger partial charge on any atom is -0.297 e. The molecule has 3 nitrogen and oxygen atoms in total. The van der Waals surface area contributed by atoms with E-state index in [2.05, 4.69) is 32.8 Å². The van der Waals surface area contributed by atoms with Crippen LogP contribution in [0.4, 0.5) is 0 Å². The normalized spacial score (nSPS) is 14.0. The number of hydrogen-bond acceptors (Lipinski definition) is 2. The maximum Gasteiger partial charge on any atom is 0.285 e. The molecule has 0 saturated heterocycles. The van der Waals surface area contributed by atoms with Gasteiger partial charge in [0.1, 0.15) is 5.02 Å². The third-order valence-corrected chi connectivity index (χ3v) is 4.30. The van der Waals surface area contributed by atoms with Crippen molar-refractivity contribution < 1.29 is 0 Å². The van der Waals surface area contributed by atoms with Crippen molar-refractivity contribution in [1.82, 2.24) is 9.78 Å². The van der Waals surface area contributed by atoms with Gasteiger partial charge in [-0.1, -0.05) is 39.3 Å². The van der Waals surface area contributed by atoms with E-state index in [4.69, 9.17) is 11.6 Å². The maximum atomic E-state index is 11.9. The molecule has 0 fully saturated rings. The number of H-pyrrole nitrogens is 1. The largest absolute Gasteiger partial charge is 0.297 e. The molecule has 98 valence electrons. The second-order valence-electron chi connectivity index (χ2n) is 5.24. The first-order chi connectivity index (χ1) is 7.76. The summed E-state index contributed by atoms with van der Waals surface area (Å²) in [5.74, 6) is 0.737. The molecule has 1 unspecified atom stereocenters. The number of aromatic nitrogens is 2. The van der Waals surface area contributed by atoms with Crippen LogP contribution in [0.5, 0.6) is 0 Å². The van der Waals surface area contributed by atoms with E-state index in [1.807, 2.05) is 6.92 Å². The minimum atomic E-state index is -0.106. The van der Waals surface area contributed by atoms with Crippen molar-refractivity contribution in [2.24, 2.45) is 0 Å². The molecule has 0 aliphatic rings. The van der Waals surface area contributed by atoms with Crippen LogP contribution in [0.25, 0.3) is 0 Å². The van der Waals surface area contributed by atoms with E-state index in [0.717, 1.165) is 17.9 Å². The zero-order valence-corrected chi connectivity index (χ0v) is 12.7. The van der Waals surface area contributed by atoms with E-state index in [0.29, 0.717) is 5.02 Å². The van der Waals surface area contributed by atoms with Crippen LogP contribution in [-0.4, -0.2) is 14.5 Å². The Labute approximate surface area is 112 Å². The minimum absolute atomic E-state index is 0.106. The first kappa shape index (κ1) is 14.7. The van der Waals surface area contributed by atoms with Gasteiger partial charge in [-0.25, -0.2) is 4.68 Å². The average Bonchev–Trinajstić information content (AvgIpc) is 2.52. The molecule has 0 aliphatic heterocycles. The molecule has 0 spiro atoms. The summed E-state index contributed by atoms with van der Waals surface area (Å²) in [5.41, 5.74) is 0.724. The van der Waals surface area contributed by atoms with Gasteiger partial charge in [0.15, 0.2) is 0 Å². The van der Waals surface area contributed by atoms with Crippen molar-refractivity contribution >= 4 is 23.4 Å². The number of nitrogens with one attached hydrogen (secondary N) is 1. The fourth-order valence-corrected chi connectivity index (χ4v) is 2.42. The molecular formula is C12H21ClN2OS. The van der Waals surface area contributed by atoms with Gasteiger partial charge in [0.2, 0.25) is 0 Å². The van der Waals surface area contributed by atoms with Gasteiger partial charge in [-0.2, -0.15) is 0 Å². The van der Waals surface area contributed by atoms with E-state index in [9.17, 15) is 4.79 Å². The summed E-state index contributed by atoms with van der Waals surface area (Å²) in [7, 11) is 0. The van der Waals surface area contributed by atoms with Crippen LogP contribution in [0.1, 0.15) is 52.8 Å². The highest BCUT2D eigenvalue weighted by atomic mass is 35.5. The summed E-state index contributed by atoms with van der Waals surface area (Å²) in [4.78, 5) is 11.9. The zero-order chi connectivity index (χ0) is 13.2. The van der Waals surface area contributed by atoms with Crippen molar-refractivity contribution in [3.63, 3.8) is 0 Å². The molecule has 1 aromatic heterocycles. The molecule has 0 saturated carbocycles. The van der Waals surface area contributed by atoms with Crippen LogP contribution >= 0.6 is 23.4 Å². The van der Waals surface area contributed by atoms with Crippen molar-refractivity contribution in [3.8, 4) is 0 Å². The number of aromatic amines is 1. The Bertz CT molecular complexity index is 431. The van der Waals surface area contributed by atoms with Crippen LogP contribution in [0.2, 0.25) is 5.02 Å². The van der Waals surface area contributed by atoms with Gasteiger partial charge in [-0.15, -0.1) is 11.8 Å². The molecule has 0 bridgehead atoms. The molecule has 0 radical (unpaired) electrons. The van der Waals surface area contributed by atoms with Crippen LogP contribution in [0.3, 0.4) is 0 Å². The smallest absolute Gasteiger partial charge is 0.285 e. The molecular weight excluding hydrogens is 256 g/mol. The molecule has 17 heavy (non-hydrogen) atoms. The molecule has 1 rings (SSSR count). The maximum absolute atomic E-state index is 11.9. The topological polar surface area (TPSA) is 37.8 Å². The van der Waals surface area contributed by atoms with E-state index < -0.39 is 0 Å². The summed E-state index contributed by atoms with van der Waals surface area (Å²) in [6.07, 6.45) is 0.905. The molecule has 1 N–H and O–H groups in total. The Hall–Kier alpha value is -0.350. The lowest BCUT2D eigenvalue weighted by molar-refractivity contribution is 0.463. The van der Waals surface area contributed by atoms with Gasteiger partial charge < -0.3 is 0 Å². The molecule has 0 aromatic carbocycles. The predicted molar refractivity (Wildman–Crippen MR) is 76.1 cm³/mol. The third-order valence-electron chi connectivity index (χ3n) is 2.61. The van der Waals surface area contributed by atoms with Gasteiger partial charge in [0.25, 0.3) is 5.56 Å². The Morgan fingerprint density at radius 2 is 2.06 bits per heavy atom. The van der Waals surface area contributed by atoms with Crippen molar-refractivity contribution in [2.45, 2.75) is 57.6 Å². The Balaban J connectivity index is 2.92. The molecule has 1 heterocycles. The van der Waals surface area contributed by atoms with Gasteiger partial charge in [0.05, 0.1) is 11.7 Å². The lowest BCUT2D eigenvalue weighted by atomic mass is 10.3. The fourth-order valence-electron chi connectivity index (χ4n) is 1.36. The number of hydrogen-bond donors (Lipinski definition) is 1. The Morgan fingerprint density at radius 1 is 1.47 bits per heavy atom. The highest BCUT2D eigenvalue weighted by Crippen LogP contribution is 2.28. The first-order valence-corrected chi connectivity index (χ1v) is 7.25. The van der Waals surface area contributed by atoms with Crippen molar-refractivity contribution in [1.29, 1.82) is 0 Å². The van der Waals surface area contributed by atoms with E-state index in [-0.39, 0.29) is 16.3 Å². The lowest BCUT2D eigenvalue weighted by Crippen LogP contribution is -2.20.